The maximum atomic E-state index is 12.8. The van der Waals surface area contributed by atoms with E-state index >= 15 is 0 Å². The molecule has 0 saturated heterocycles. The van der Waals surface area contributed by atoms with Gasteiger partial charge in [-0.15, -0.1) is 0 Å². The third kappa shape index (κ3) is 3.67. The van der Waals surface area contributed by atoms with Gasteiger partial charge in [0, 0.05) is 30.8 Å². The molecule has 1 heterocycles. The molecule has 3 N–H and O–H groups in total. The van der Waals surface area contributed by atoms with Gasteiger partial charge in [0.05, 0.1) is 0 Å². The van der Waals surface area contributed by atoms with E-state index in [1.807, 2.05) is 42.5 Å². The molecule has 2 aromatic carbocycles. The molecule has 6 heteroatoms. The fourth-order valence-corrected chi connectivity index (χ4v) is 2.51. The van der Waals surface area contributed by atoms with E-state index in [4.69, 9.17) is 5.73 Å². The van der Waals surface area contributed by atoms with E-state index in [0.29, 0.717) is 31.0 Å². The molecular weight excluding hydrogens is 302 g/mol. The van der Waals surface area contributed by atoms with Crippen molar-refractivity contribution < 1.29 is 4.79 Å². The first-order valence-corrected chi connectivity index (χ1v) is 7.77. The Morgan fingerprint density at radius 1 is 1.08 bits per heavy atom. The van der Waals surface area contributed by atoms with E-state index < -0.39 is 0 Å². The number of amides is 1. The molecule has 0 fully saturated rings. The highest BCUT2D eigenvalue weighted by Crippen LogP contribution is 2.16. The lowest BCUT2D eigenvalue weighted by molar-refractivity contribution is 0.0748. The van der Waals surface area contributed by atoms with Crippen molar-refractivity contribution >= 4 is 5.91 Å². The predicted octanol–water partition coefficient (Wildman–Crippen LogP) is 2.07. The summed E-state index contributed by atoms with van der Waals surface area (Å²) in [7, 11) is 0. The Labute approximate surface area is 140 Å². The van der Waals surface area contributed by atoms with Crippen LogP contribution in [-0.2, 0) is 6.54 Å². The minimum absolute atomic E-state index is 0.0339. The summed E-state index contributed by atoms with van der Waals surface area (Å²) in [6.07, 6.45) is 1.46. The van der Waals surface area contributed by atoms with Crippen LogP contribution in [0.3, 0.4) is 0 Å². The summed E-state index contributed by atoms with van der Waals surface area (Å²) in [6, 6.07) is 17.2. The van der Waals surface area contributed by atoms with Crippen LogP contribution in [-0.4, -0.2) is 39.1 Å². The van der Waals surface area contributed by atoms with Crippen LogP contribution in [0.15, 0.2) is 60.9 Å². The van der Waals surface area contributed by atoms with E-state index in [1.165, 1.54) is 6.33 Å². The fraction of sp³-hybridized carbons (Fsp3) is 0.167. The van der Waals surface area contributed by atoms with Crippen molar-refractivity contribution in [3.63, 3.8) is 0 Å². The van der Waals surface area contributed by atoms with Crippen LogP contribution in [0.2, 0.25) is 0 Å². The van der Waals surface area contributed by atoms with Gasteiger partial charge >= 0.3 is 0 Å². The lowest BCUT2D eigenvalue weighted by Crippen LogP contribution is -2.34. The van der Waals surface area contributed by atoms with Gasteiger partial charge in [0.2, 0.25) is 0 Å². The van der Waals surface area contributed by atoms with Crippen molar-refractivity contribution in [2.24, 2.45) is 5.73 Å². The van der Waals surface area contributed by atoms with Gasteiger partial charge in [-0.2, -0.15) is 5.10 Å². The zero-order valence-electron chi connectivity index (χ0n) is 13.2. The monoisotopic (exact) mass is 321 g/mol. The predicted molar refractivity (Wildman–Crippen MR) is 92.1 cm³/mol. The number of aromatic amines is 1. The van der Waals surface area contributed by atoms with Crippen molar-refractivity contribution in [1.82, 2.24) is 20.1 Å². The van der Waals surface area contributed by atoms with Crippen molar-refractivity contribution in [2.75, 3.05) is 13.1 Å². The first-order chi connectivity index (χ1) is 11.8. The Bertz CT molecular complexity index is 769. The summed E-state index contributed by atoms with van der Waals surface area (Å²) in [5.74, 6) is 0.644. The van der Waals surface area contributed by atoms with E-state index in [-0.39, 0.29) is 5.91 Å². The molecule has 0 aliphatic rings. The summed E-state index contributed by atoms with van der Waals surface area (Å²) in [5, 5.41) is 6.64. The lowest BCUT2D eigenvalue weighted by atomic mass is 10.1. The maximum Gasteiger partial charge on any atom is 0.254 e. The summed E-state index contributed by atoms with van der Waals surface area (Å²) in [4.78, 5) is 18.6. The van der Waals surface area contributed by atoms with Gasteiger partial charge in [0.15, 0.2) is 5.82 Å². The van der Waals surface area contributed by atoms with Gasteiger partial charge in [0.1, 0.15) is 6.33 Å². The molecule has 1 aromatic heterocycles. The van der Waals surface area contributed by atoms with Crippen LogP contribution in [0.25, 0.3) is 11.4 Å². The highest BCUT2D eigenvalue weighted by molar-refractivity contribution is 5.94. The molecule has 3 aromatic rings. The van der Waals surface area contributed by atoms with Crippen LogP contribution in [0.5, 0.6) is 0 Å². The molecule has 0 bridgehead atoms. The number of rotatable bonds is 6. The number of aromatic nitrogens is 3. The third-order valence-electron chi connectivity index (χ3n) is 3.72. The standard InChI is InChI=1S/C18H19N5O/c19-10-11-23(12-14-4-2-1-3-5-14)18(24)16-8-6-15(7-9-16)17-20-13-21-22-17/h1-9,13H,10-12,19H2,(H,20,21,22). The SMILES string of the molecule is NCCN(Cc1ccccc1)C(=O)c1ccc(-c2ncn[nH]2)cc1. The van der Waals surface area contributed by atoms with Crippen molar-refractivity contribution in [3.8, 4) is 11.4 Å². The molecule has 0 aliphatic carbocycles. The number of nitrogens with two attached hydrogens (primary N) is 1. The maximum absolute atomic E-state index is 12.8. The van der Waals surface area contributed by atoms with Gasteiger partial charge in [0.25, 0.3) is 5.91 Å². The van der Waals surface area contributed by atoms with Crippen LogP contribution >= 0.6 is 0 Å². The first kappa shape index (κ1) is 15.9. The molecule has 0 atom stereocenters. The summed E-state index contributed by atoms with van der Waals surface area (Å²) >= 11 is 0. The van der Waals surface area contributed by atoms with Crippen LogP contribution < -0.4 is 5.73 Å². The Morgan fingerprint density at radius 3 is 2.46 bits per heavy atom. The average Bonchev–Trinajstić information content (AvgIpc) is 3.16. The Morgan fingerprint density at radius 2 is 1.83 bits per heavy atom. The number of benzene rings is 2. The third-order valence-corrected chi connectivity index (χ3v) is 3.72. The highest BCUT2D eigenvalue weighted by Gasteiger charge is 2.15. The average molecular weight is 321 g/mol. The molecular formula is C18H19N5O. The van der Waals surface area contributed by atoms with E-state index in [2.05, 4.69) is 15.2 Å². The Kier molecular flexibility index (Phi) is 4.98. The van der Waals surface area contributed by atoms with E-state index in [0.717, 1.165) is 11.1 Å². The number of nitrogens with one attached hydrogen (secondary N) is 1. The zero-order chi connectivity index (χ0) is 16.8. The van der Waals surface area contributed by atoms with Crippen LogP contribution in [0.4, 0.5) is 0 Å². The Balaban J connectivity index is 1.77. The molecule has 0 saturated carbocycles. The van der Waals surface area contributed by atoms with Gasteiger partial charge < -0.3 is 10.6 Å². The normalized spacial score (nSPS) is 10.5. The van der Waals surface area contributed by atoms with Crippen LogP contribution in [0.1, 0.15) is 15.9 Å². The highest BCUT2D eigenvalue weighted by atomic mass is 16.2. The second-order valence-electron chi connectivity index (χ2n) is 5.41. The number of hydrogen-bond acceptors (Lipinski definition) is 4. The van der Waals surface area contributed by atoms with Gasteiger partial charge in [-0.1, -0.05) is 42.5 Å². The van der Waals surface area contributed by atoms with E-state index in [9.17, 15) is 4.79 Å². The molecule has 122 valence electrons. The summed E-state index contributed by atoms with van der Waals surface area (Å²) < 4.78 is 0. The largest absolute Gasteiger partial charge is 0.333 e. The summed E-state index contributed by atoms with van der Waals surface area (Å²) in [6.45, 7) is 1.48. The van der Waals surface area contributed by atoms with Gasteiger partial charge in [-0.25, -0.2) is 4.98 Å². The van der Waals surface area contributed by atoms with Crippen molar-refractivity contribution in [2.45, 2.75) is 6.54 Å². The fourth-order valence-electron chi connectivity index (χ4n) is 2.51. The molecule has 0 unspecified atom stereocenters. The molecule has 0 radical (unpaired) electrons. The van der Waals surface area contributed by atoms with Crippen molar-refractivity contribution in [3.05, 3.63) is 72.1 Å². The number of hydrogen-bond donors (Lipinski definition) is 2. The minimum Gasteiger partial charge on any atom is -0.333 e. The molecule has 0 spiro atoms. The number of carbonyl (C=O) groups excluding carboxylic acids is 1. The Hall–Kier alpha value is -2.99. The molecule has 0 aliphatic heterocycles. The van der Waals surface area contributed by atoms with Crippen LogP contribution in [0, 0.1) is 0 Å². The molecule has 6 nitrogen and oxygen atoms in total. The quantitative estimate of drug-likeness (QED) is 0.727. The lowest BCUT2D eigenvalue weighted by Gasteiger charge is -2.22. The first-order valence-electron chi connectivity index (χ1n) is 7.77. The number of nitrogens with zero attached hydrogens (tertiary/aromatic N) is 3. The van der Waals surface area contributed by atoms with Gasteiger partial charge in [-0.3, -0.25) is 9.89 Å². The number of carbonyl (C=O) groups is 1. The topological polar surface area (TPSA) is 87.9 Å². The van der Waals surface area contributed by atoms with E-state index in [1.54, 1.807) is 17.0 Å². The zero-order valence-corrected chi connectivity index (χ0v) is 13.2. The van der Waals surface area contributed by atoms with Gasteiger partial charge in [-0.05, 0) is 17.7 Å². The minimum atomic E-state index is -0.0339. The number of H-pyrrole nitrogens is 1. The second-order valence-corrected chi connectivity index (χ2v) is 5.41. The molecule has 3 rings (SSSR count). The summed E-state index contributed by atoms with van der Waals surface area (Å²) in [5.41, 5.74) is 8.27. The smallest absolute Gasteiger partial charge is 0.254 e. The molecule has 1 amide bonds. The second kappa shape index (κ2) is 7.52. The van der Waals surface area contributed by atoms with Crippen molar-refractivity contribution in [1.29, 1.82) is 0 Å². The molecule has 24 heavy (non-hydrogen) atoms.